The standard InChI is InChI=1S/C10H17NO3/c1-10(6-14-7-10)5-11-3-8(4-12)2-9(11)13/h8,12H,2-7H2,1H3. The molecule has 4 heteroatoms. The lowest BCUT2D eigenvalue weighted by Gasteiger charge is -2.40. The highest BCUT2D eigenvalue weighted by Crippen LogP contribution is 2.30. The Morgan fingerprint density at radius 2 is 2.36 bits per heavy atom. The van der Waals surface area contributed by atoms with Crippen LogP contribution in [0.5, 0.6) is 0 Å². The molecule has 2 aliphatic rings. The summed E-state index contributed by atoms with van der Waals surface area (Å²) in [6.45, 7) is 5.25. The first-order chi connectivity index (χ1) is 6.63. The molecule has 0 aromatic carbocycles. The van der Waals surface area contributed by atoms with Crippen LogP contribution in [0.1, 0.15) is 13.3 Å². The number of likely N-dealkylation sites (tertiary alicyclic amines) is 1. The summed E-state index contributed by atoms with van der Waals surface area (Å²) in [5.41, 5.74) is 0.153. The fourth-order valence-corrected chi connectivity index (χ4v) is 2.13. The van der Waals surface area contributed by atoms with Gasteiger partial charge in [-0.15, -0.1) is 0 Å². The molecule has 14 heavy (non-hydrogen) atoms. The fraction of sp³-hybridized carbons (Fsp3) is 0.900. The molecule has 1 amide bonds. The Balaban J connectivity index is 1.89. The molecule has 0 spiro atoms. The van der Waals surface area contributed by atoms with Gasteiger partial charge in [-0.05, 0) is 0 Å². The van der Waals surface area contributed by atoms with Crippen molar-refractivity contribution in [3.05, 3.63) is 0 Å². The molecule has 0 aromatic rings. The third kappa shape index (κ3) is 1.77. The second-order valence-electron chi connectivity index (χ2n) is 4.83. The van der Waals surface area contributed by atoms with E-state index in [1.54, 1.807) is 0 Å². The molecule has 0 aliphatic carbocycles. The topological polar surface area (TPSA) is 49.8 Å². The van der Waals surface area contributed by atoms with Crippen molar-refractivity contribution in [1.29, 1.82) is 0 Å². The number of hydrogen-bond donors (Lipinski definition) is 1. The van der Waals surface area contributed by atoms with Crippen molar-refractivity contribution >= 4 is 5.91 Å². The second kappa shape index (κ2) is 3.51. The number of carbonyl (C=O) groups excluding carboxylic acids is 1. The maximum atomic E-state index is 11.5. The van der Waals surface area contributed by atoms with Crippen LogP contribution in [-0.4, -0.2) is 48.8 Å². The molecule has 2 saturated heterocycles. The first-order valence-corrected chi connectivity index (χ1v) is 5.09. The van der Waals surface area contributed by atoms with E-state index in [0.29, 0.717) is 13.0 Å². The molecule has 2 heterocycles. The number of aliphatic hydroxyl groups is 1. The minimum Gasteiger partial charge on any atom is -0.396 e. The number of aliphatic hydroxyl groups excluding tert-OH is 1. The van der Waals surface area contributed by atoms with Gasteiger partial charge < -0.3 is 14.7 Å². The average Bonchev–Trinajstić information content (AvgIpc) is 2.45. The van der Waals surface area contributed by atoms with Gasteiger partial charge in [-0.25, -0.2) is 0 Å². The third-order valence-electron chi connectivity index (χ3n) is 3.03. The van der Waals surface area contributed by atoms with E-state index in [9.17, 15) is 4.79 Å². The SMILES string of the molecule is CC1(CN2CC(CO)CC2=O)COC1. The van der Waals surface area contributed by atoms with Crippen LogP contribution in [0, 0.1) is 11.3 Å². The third-order valence-corrected chi connectivity index (χ3v) is 3.03. The van der Waals surface area contributed by atoms with E-state index in [-0.39, 0.29) is 23.8 Å². The highest BCUT2D eigenvalue weighted by molar-refractivity contribution is 5.78. The summed E-state index contributed by atoms with van der Waals surface area (Å²) in [4.78, 5) is 13.4. The summed E-state index contributed by atoms with van der Waals surface area (Å²) in [6.07, 6.45) is 0.507. The Kier molecular flexibility index (Phi) is 2.49. The van der Waals surface area contributed by atoms with Crippen LogP contribution in [0.15, 0.2) is 0 Å². The summed E-state index contributed by atoms with van der Waals surface area (Å²) < 4.78 is 5.15. The minimum atomic E-state index is 0.120. The van der Waals surface area contributed by atoms with E-state index >= 15 is 0 Å². The number of ether oxygens (including phenoxy) is 1. The van der Waals surface area contributed by atoms with E-state index in [2.05, 4.69) is 6.92 Å². The highest BCUT2D eigenvalue weighted by atomic mass is 16.5. The molecule has 2 rings (SSSR count). The quantitative estimate of drug-likeness (QED) is 0.688. The Morgan fingerprint density at radius 3 is 2.79 bits per heavy atom. The monoisotopic (exact) mass is 199 g/mol. The summed E-state index contributed by atoms with van der Waals surface area (Å²) in [5, 5.41) is 8.97. The molecule has 80 valence electrons. The van der Waals surface area contributed by atoms with Gasteiger partial charge in [0.2, 0.25) is 5.91 Å². The summed E-state index contributed by atoms with van der Waals surface area (Å²) >= 11 is 0. The highest BCUT2D eigenvalue weighted by Gasteiger charge is 2.39. The number of rotatable bonds is 3. The van der Waals surface area contributed by atoms with Crippen molar-refractivity contribution in [3.63, 3.8) is 0 Å². The zero-order valence-corrected chi connectivity index (χ0v) is 8.53. The normalized spacial score (nSPS) is 30.6. The minimum absolute atomic E-state index is 0.120. The van der Waals surface area contributed by atoms with E-state index in [0.717, 1.165) is 19.8 Å². The second-order valence-corrected chi connectivity index (χ2v) is 4.83. The van der Waals surface area contributed by atoms with Gasteiger partial charge in [0, 0.05) is 37.5 Å². The molecular weight excluding hydrogens is 182 g/mol. The first-order valence-electron chi connectivity index (χ1n) is 5.09. The fourth-order valence-electron chi connectivity index (χ4n) is 2.13. The van der Waals surface area contributed by atoms with Crippen LogP contribution < -0.4 is 0 Å². The molecule has 1 N–H and O–H groups in total. The van der Waals surface area contributed by atoms with Crippen LogP contribution in [0.25, 0.3) is 0 Å². The Labute approximate surface area is 83.8 Å². The lowest BCUT2D eigenvalue weighted by atomic mass is 9.88. The van der Waals surface area contributed by atoms with Crippen LogP contribution in [-0.2, 0) is 9.53 Å². The van der Waals surface area contributed by atoms with Gasteiger partial charge in [0.15, 0.2) is 0 Å². The maximum absolute atomic E-state index is 11.5. The van der Waals surface area contributed by atoms with Crippen LogP contribution in [0.3, 0.4) is 0 Å². The lowest BCUT2D eigenvalue weighted by molar-refractivity contribution is -0.140. The van der Waals surface area contributed by atoms with E-state index < -0.39 is 0 Å². The molecule has 0 radical (unpaired) electrons. The van der Waals surface area contributed by atoms with Crippen molar-refractivity contribution < 1.29 is 14.6 Å². The van der Waals surface area contributed by atoms with Crippen molar-refractivity contribution in [2.75, 3.05) is 32.9 Å². The summed E-state index contributed by atoms with van der Waals surface area (Å²) in [6, 6.07) is 0. The first kappa shape index (κ1) is 9.93. The molecule has 2 fully saturated rings. The Bertz CT molecular complexity index is 238. The van der Waals surface area contributed by atoms with Gasteiger partial charge in [0.1, 0.15) is 0 Å². The molecule has 1 unspecified atom stereocenters. The molecule has 2 aliphatic heterocycles. The van der Waals surface area contributed by atoms with Gasteiger partial charge in [-0.3, -0.25) is 4.79 Å². The van der Waals surface area contributed by atoms with Crippen molar-refractivity contribution in [1.82, 2.24) is 4.90 Å². The van der Waals surface area contributed by atoms with E-state index in [1.807, 2.05) is 4.90 Å². The number of carbonyl (C=O) groups is 1. The zero-order chi connectivity index (χ0) is 10.2. The largest absolute Gasteiger partial charge is 0.396 e. The van der Waals surface area contributed by atoms with Crippen LogP contribution in [0.4, 0.5) is 0 Å². The van der Waals surface area contributed by atoms with Gasteiger partial charge in [-0.2, -0.15) is 0 Å². The van der Waals surface area contributed by atoms with Gasteiger partial charge in [-0.1, -0.05) is 6.92 Å². The predicted octanol–water partition coefficient (Wildman–Crippen LogP) is -0.136. The van der Waals surface area contributed by atoms with Crippen molar-refractivity contribution in [2.45, 2.75) is 13.3 Å². The van der Waals surface area contributed by atoms with Gasteiger partial charge in [0.25, 0.3) is 0 Å². The Hall–Kier alpha value is -0.610. The van der Waals surface area contributed by atoms with E-state index in [4.69, 9.17) is 9.84 Å². The molecule has 4 nitrogen and oxygen atoms in total. The van der Waals surface area contributed by atoms with Crippen molar-refractivity contribution in [3.8, 4) is 0 Å². The zero-order valence-electron chi connectivity index (χ0n) is 8.53. The van der Waals surface area contributed by atoms with Gasteiger partial charge in [0.05, 0.1) is 13.2 Å². The predicted molar refractivity (Wildman–Crippen MR) is 50.7 cm³/mol. The Morgan fingerprint density at radius 1 is 1.64 bits per heavy atom. The summed E-state index contributed by atoms with van der Waals surface area (Å²) in [7, 11) is 0. The van der Waals surface area contributed by atoms with Crippen LogP contribution in [0.2, 0.25) is 0 Å². The van der Waals surface area contributed by atoms with Crippen molar-refractivity contribution in [2.24, 2.45) is 11.3 Å². The number of hydrogen-bond acceptors (Lipinski definition) is 3. The number of nitrogens with zero attached hydrogens (tertiary/aromatic N) is 1. The molecular formula is C10H17NO3. The number of amides is 1. The van der Waals surface area contributed by atoms with E-state index in [1.165, 1.54) is 0 Å². The van der Waals surface area contributed by atoms with Gasteiger partial charge >= 0.3 is 0 Å². The lowest BCUT2D eigenvalue weighted by Crippen LogP contribution is -2.49. The maximum Gasteiger partial charge on any atom is 0.223 e. The smallest absolute Gasteiger partial charge is 0.223 e. The average molecular weight is 199 g/mol. The molecule has 0 saturated carbocycles. The summed E-state index contributed by atoms with van der Waals surface area (Å²) in [5.74, 6) is 0.323. The molecule has 0 bridgehead atoms. The molecule has 0 aromatic heterocycles. The molecule has 1 atom stereocenters. The van der Waals surface area contributed by atoms with Crippen LogP contribution >= 0.6 is 0 Å².